The van der Waals surface area contributed by atoms with Gasteiger partial charge < -0.3 is 4.98 Å². The Morgan fingerprint density at radius 2 is 2.40 bits per heavy atom. The molecular weight excluding hydrogens is 124 g/mol. The highest BCUT2D eigenvalue weighted by Gasteiger charge is 2.13. The van der Waals surface area contributed by atoms with Crippen LogP contribution < -0.4 is 0 Å². The molecule has 1 aliphatic heterocycles. The van der Waals surface area contributed by atoms with Crippen LogP contribution in [0.1, 0.15) is 12.1 Å². The quantitative estimate of drug-likeness (QED) is 0.647. The van der Waals surface area contributed by atoms with E-state index in [4.69, 9.17) is 0 Å². The summed E-state index contributed by atoms with van der Waals surface area (Å²) in [7, 11) is 0. The maximum atomic E-state index is 3.19. The van der Waals surface area contributed by atoms with E-state index in [1.807, 2.05) is 6.20 Å². The highest BCUT2D eigenvalue weighted by molar-refractivity contribution is 5.03. The zero-order valence-electron chi connectivity index (χ0n) is 6.01. The Labute approximate surface area is 60.9 Å². The Kier molecular flexibility index (Phi) is 1.47. The van der Waals surface area contributed by atoms with Crippen molar-refractivity contribution < 1.29 is 0 Å². The molecule has 1 aromatic rings. The van der Waals surface area contributed by atoms with Gasteiger partial charge in [0.1, 0.15) is 0 Å². The fourth-order valence-corrected chi connectivity index (χ4v) is 1.25. The largest absolute Gasteiger partial charge is 0.364 e. The number of nitrogens with one attached hydrogen (secondary N) is 1. The first kappa shape index (κ1) is 5.98. The minimum absolute atomic E-state index is 1.10. The molecule has 10 heavy (non-hydrogen) atoms. The fourth-order valence-electron chi connectivity index (χ4n) is 1.25. The molecule has 54 valence electrons. The number of H-pyrrole nitrogens is 1. The van der Waals surface area contributed by atoms with E-state index in [2.05, 4.69) is 22.0 Å². The molecule has 1 fully saturated rings. The summed E-state index contributed by atoms with van der Waals surface area (Å²) >= 11 is 0. The van der Waals surface area contributed by atoms with Crippen LogP contribution in [0.4, 0.5) is 0 Å². The van der Waals surface area contributed by atoms with Crippen LogP contribution in [0.2, 0.25) is 0 Å². The van der Waals surface area contributed by atoms with E-state index < -0.39 is 0 Å². The Morgan fingerprint density at radius 3 is 2.90 bits per heavy atom. The topological polar surface area (TPSA) is 19.0 Å². The van der Waals surface area contributed by atoms with Gasteiger partial charge in [0, 0.05) is 18.4 Å². The van der Waals surface area contributed by atoms with Gasteiger partial charge >= 0.3 is 0 Å². The number of aromatic nitrogens is 1. The number of hydrogen-bond donors (Lipinski definition) is 1. The lowest BCUT2D eigenvalue weighted by Gasteiger charge is -2.29. The van der Waals surface area contributed by atoms with Gasteiger partial charge in [-0.25, -0.2) is 0 Å². The maximum absolute atomic E-state index is 3.19. The van der Waals surface area contributed by atoms with Gasteiger partial charge in [0.25, 0.3) is 0 Å². The zero-order valence-corrected chi connectivity index (χ0v) is 6.01. The van der Waals surface area contributed by atoms with E-state index in [9.17, 15) is 0 Å². The van der Waals surface area contributed by atoms with Crippen LogP contribution in [0.15, 0.2) is 18.3 Å². The van der Waals surface area contributed by atoms with E-state index in [-0.39, 0.29) is 0 Å². The van der Waals surface area contributed by atoms with Gasteiger partial charge in [-0.3, -0.25) is 4.90 Å². The second-order valence-electron chi connectivity index (χ2n) is 2.83. The van der Waals surface area contributed by atoms with Crippen molar-refractivity contribution in [1.29, 1.82) is 0 Å². The van der Waals surface area contributed by atoms with Crippen LogP contribution in [0.3, 0.4) is 0 Å². The highest BCUT2D eigenvalue weighted by Crippen LogP contribution is 2.09. The monoisotopic (exact) mass is 136 g/mol. The van der Waals surface area contributed by atoms with Crippen molar-refractivity contribution in [1.82, 2.24) is 9.88 Å². The first-order valence-electron chi connectivity index (χ1n) is 3.80. The number of likely N-dealkylation sites (tertiary alicyclic amines) is 1. The summed E-state index contributed by atoms with van der Waals surface area (Å²) in [6, 6.07) is 4.19. The molecule has 1 N–H and O–H groups in total. The van der Waals surface area contributed by atoms with E-state index in [1.165, 1.54) is 25.2 Å². The Morgan fingerprint density at radius 1 is 1.50 bits per heavy atom. The maximum Gasteiger partial charge on any atom is 0.0385 e. The molecule has 0 amide bonds. The standard InChI is InChI=1S/C8H12N2/c1-3-8(9-4-1)7-10-5-2-6-10/h1,3-4,9H,2,5-7H2. The van der Waals surface area contributed by atoms with Crippen molar-refractivity contribution in [2.45, 2.75) is 13.0 Å². The van der Waals surface area contributed by atoms with Gasteiger partial charge in [-0.1, -0.05) is 0 Å². The van der Waals surface area contributed by atoms with Crippen LogP contribution >= 0.6 is 0 Å². The predicted molar refractivity (Wildman–Crippen MR) is 40.7 cm³/mol. The van der Waals surface area contributed by atoms with E-state index >= 15 is 0 Å². The van der Waals surface area contributed by atoms with Gasteiger partial charge in [0.15, 0.2) is 0 Å². The summed E-state index contributed by atoms with van der Waals surface area (Å²) in [5, 5.41) is 0. The lowest BCUT2D eigenvalue weighted by molar-refractivity contribution is 0.171. The minimum atomic E-state index is 1.10. The number of aromatic amines is 1. The first-order chi connectivity index (χ1) is 4.95. The second kappa shape index (κ2) is 2.46. The average molecular weight is 136 g/mol. The first-order valence-corrected chi connectivity index (χ1v) is 3.80. The lowest BCUT2D eigenvalue weighted by Crippen LogP contribution is -2.36. The van der Waals surface area contributed by atoms with Crippen LogP contribution in [0.5, 0.6) is 0 Å². The molecule has 0 radical (unpaired) electrons. The molecule has 2 heterocycles. The van der Waals surface area contributed by atoms with Crippen molar-refractivity contribution in [2.24, 2.45) is 0 Å². The molecule has 1 aliphatic rings. The highest BCUT2D eigenvalue weighted by atomic mass is 15.2. The normalized spacial score (nSPS) is 18.8. The van der Waals surface area contributed by atoms with Gasteiger partial charge in [0.05, 0.1) is 0 Å². The summed E-state index contributed by atoms with van der Waals surface area (Å²) in [4.78, 5) is 5.63. The summed E-state index contributed by atoms with van der Waals surface area (Å²) < 4.78 is 0. The van der Waals surface area contributed by atoms with Crippen LogP contribution in [-0.2, 0) is 6.54 Å². The fraction of sp³-hybridized carbons (Fsp3) is 0.500. The third kappa shape index (κ3) is 1.07. The number of nitrogens with zero attached hydrogens (tertiary/aromatic N) is 1. The molecule has 0 bridgehead atoms. The molecule has 0 spiro atoms. The Balaban J connectivity index is 1.90. The number of rotatable bonds is 2. The van der Waals surface area contributed by atoms with Gasteiger partial charge in [-0.05, 0) is 31.6 Å². The third-order valence-corrected chi connectivity index (χ3v) is 2.00. The summed E-state index contributed by atoms with van der Waals surface area (Å²) in [6.07, 6.45) is 3.36. The molecule has 2 nitrogen and oxygen atoms in total. The zero-order chi connectivity index (χ0) is 6.81. The molecular formula is C8H12N2. The molecule has 2 heteroatoms. The minimum Gasteiger partial charge on any atom is -0.364 e. The second-order valence-corrected chi connectivity index (χ2v) is 2.83. The molecule has 0 saturated carbocycles. The molecule has 2 rings (SSSR count). The van der Waals surface area contributed by atoms with Crippen LogP contribution in [0, 0.1) is 0 Å². The van der Waals surface area contributed by atoms with Crippen molar-refractivity contribution in [3.05, 3.63) is 24.0 Å². The molecule has 1 saturated heterocycles. The van der Waals surface area contributed by atoms with Gasteiger partial charge in [-0.2, -0.15) is 0 Å². The molecule has 1 aromatic heterocycles. The Bertz CT molecular complexity index is 187. The smallest absolute Gasteiger partial charge is 0.0385 e. The van der Waals surface area contributed by atoms with E-state index in [0.717, 1.165) is 6.54 Å². The van der Waals surface area contributed by atoms with Crippen LogP contribution in [0.25, 0.3) is 0 Å². The van der Waals surface area contributed by atoms with Crippen molar-refractivity contribution in [3.63, 3.8) is 0 Å². The average Bonchev–Trinajstić information content (AvgIpc) is 2.29. The molecule has 0 aliphatic carbocycles. The summed E-state index contributed by atoms with van der Waals surface area (Å²) in [6.45, 7) is 3.66. The van der Waals surface area contributed by atoms with Crippen molar-refractivity contribution in [2.75, 3.05) is 13.1 Å². The number of hydrogen-bond acceptors (Lipinski definition) is 1. The van der Waals surface area contributed by atoms with Crippen molar-refractivity contribution in [3.8, 4) is 0 Å². The van der Waals surface area contributed by atoms with Gasteiger partial charge in [-0.15, -0.1) is 0 Å². The van der Waals surface area contributed by atoms with E-state index in [1.54, 1.807) is 0 Å². The molecule has 0 aromatic carbocycles. The van der Waals surface area contributed by atoms with E-state index in [0.29, 0.717) is 0 Å². The summed E-state index contributed by atoms with van der Waals surface area (Å²) in [5.74, 6) is 0. The SMILES string of the molecule is c1c[nH]c(CN2CCC2)c1. The third-order valence-electron chi connectivity index (χ3n) is 2.00. The molecule has 0 atom stereocenters. The predicted octanol–water partition coefficient (Wildman–Crippen LogP) is 1.22. The summed E-state index contributed by atoms with van der Waals surface area (Å²) in [5.41, 5.74) is 1.33. The molecule has 0 unspecified atom stereocenters. The van der Waals surface area contributed by atoms with Crippen LogP contribution in [-0.4, -0.2) is 23.0 Å². The van der Waals surface area contributed by atoms with Gasteiger partial charge in [0.2, 0.25) is 0 Å². The Hall–Kier alpha value is -0.760. The van der Waals surface area contributed by atoms with Crippen molar-refractivity contribution >= 4 is 0 Å². The lowest BCUT2D eigenvalue weighted by atomic mass is 10.2.